The molecule has 0 radical (unpaired) electrons. The third-order valence-corrected chi connectivity index (χ3v) is 5.66. The molecule has 1 unspecified atom stereocenters. The van der Waals surface area contributed by atoms with E-state index in [2.05, 4.69) is 5.32 Å². The van der Waals surface area contributed by atoms with Crippen molar-refractivity contribution in [1.82, 2.24) is 0 Å². The van der Waals surface area contributed by atoms with Gasteiger partial charge in [-0.05, 0) is 13.3 Å². The molecule has 0 spiro atoms. The standard InChI is InChI=1S/C11H17N3O2S2/c1-4-7(3)14-11-10(18(15,16)5-2)9(13)8(6-12)17-11/h7,14H,4-5,13H2,1-3H3. The quantitative estimate of drug-likeness (QED) is 0.865. The highest BCUT2D eigenvalue weighted by atomic mass is 32.2. The van der Waals surface area contributed by atoms with Crippen LogP contribution >= 0.6 is 11.3 Å². The zero-order chi connectivity index (χ0) is 13.9. The second-order valence-corrected chi connectivity index (χ2v) is 7.21. The topological polar surface area (TPSA) is 96.0 Å². The van der Waals surface area contributed by atoms with E-state index in [0.717, 1.165) is 17.8 Å². The third kappa shape index (κ3) is 2.76. The van der Waals surface area contributed by atoms with Crippen LogP contribution in [0, 0.1) is 11.3 Å². The molecule has 0 aromatic carbocycles. The number of hydrogen-bond acceptors (Lipinski definition) is 6. The molecule has 0 fully saturated rings. The number of nitrogens with zero attached hydrogens (tertiary/aromatic N) is 1. The molecule has 1 aromatic heterocycles. The molecule has 0 aliphatic carbocycles. The molecule has 1 heterocycles. The molecule has 5 nitrogen and oxygen atoms in total. The Labute approximate surface area is 112 Å². The van der Waals surface area contributed by atoms with Crippen molar-refractivity contribution in [3.8, 4) is 6.07 Å². The Morgan fingerprint density at radius 1 is 1.50 bits per heavy atom. The number of nitrogen functional groups attached to an aromatic ring is 1. The second kappa shape index (κ2) is 5.59. The van der Waals surface area contributed by atoms with E-state index in [4.69, 9.17) is 11.0 Å². The largest absolute Gasteiger partial charge is 0.396 e. The number of nitriles is 1. The van der Waals surface area contributed by atoms with Crippen LogP contribution in [0.25, 0.3) is 0 Å². The van der Waals surface area contributed by atoms with Gasteiger partial charge in [-0.1, -0.05) is 13.8 Å². The average molecular weight is 287 g/mol. The molecule has 1 aromatic rings. The number of anilines is 2. The minimum Gasteiger partial charge on any atom is -0.396 e. The number of nitrogens with one attached hydrogen (secondary N) is 1. The van der Waals surface area contributed by atoms with Gasteiger partial charge in [0.05, 0.1) is 11.4 Å². The molecule has 0 saturated carbocycles. The zero-order valence-corrected chi connectivity index (χ0v) is 12.3. The molecule has 0 amide bonds. The average Bonchev–Trinajstić information content (AvgIpc) is 2.65. The molecule has 1 rings (SSSR count). The number of sulfone groups is 1. The van der Waals surface area contributed by atoms with Gasteiger partial charge in [0.25, 0.3) is 0 Å². The fraction of sp³-hybridized carbons (Fsp3) is 0.545. The molecule has 18 heavy (non-hydrogen) atoms. The van der Waals surface area contributed by atoms with E-state index in [1.807, 2.05) is 19.9 Å². The van der Waals surface area contributed by atoms with E-state index in [0.29, 0.717) is 5.00 Å². The summed E-state index contributed by atoms with van der Waals surface area (Å²) in [4.78, 5) is 0.319. The van der Waals surface area contributed by atoms with Gasteiger partial charge in [0, 0.05) is 6.04 Å². The second-order valence-electron chi connectivity index (χ2n) is 3.97. The summed E-state index contributed by atoms with van der Waals surface area (Å²) >= 11 is 1.10. The van der Waals surface area contributed by atoms with Gasteiger partial charge in [-0.25, -0.2) is 8.42 Å². The van der Waals surface area contributed by atoms with Crippen LogP contribution in [-0.2, 0) is 9.84 Å². The highest BCUT2D eigenvalue weighted by Crippen LogP contribution is 2.39. The first kappa shape index (κ1) is 14.8. The molecular formula is C11H17N3O2S2. The predicted octanol–water partition coefficient (Wildman–Crippen LogP) is 2.21. The van der Waals surface area contributed by atoms with Crippen molar-refractivity contribution in [3.63, 3.8) is 0 Å². The van der Waals surface area contributed by atoms with Gasteiger partial charge in [-0.3, -0.25) is 0 Å². The Morgan fingerprint density at radius 2 is 2.11 bits per heavy atom. The van der Waals surface area contributed by atoms with Gasteiger partial charge in [-0.2, -0.15) is 5.26 Å². The normalized spacial score (nSPS) is 13.0. The number of hydrogen-bond donors (Lipinski definition) is 2. The van der Waals surface area contributed by atoms with Crippen molar-refractivity contribution < 1.29 is 8.42 Å². The van der Waals surface area contributed by atoms with Gasteiger partial charge in [-0.15, -0.1) is 11.3 Å². The van der Waals surface area contributed by atoms with Crippen LogP contribution in [0.2, 0.25) is 0 Å². The SMILES string of the molecule is CCC(C)Nc1sc(C#N)c(N)c1S(=O)(=O)CC. The lowest BCUT2D eigenvalue weighted by Gasteiger charge is -2.13. The first-order valence-electron chi connectivity index (χ1n) is 5.69. The van der Waals surface area contributed by atoms with Crippen molar-refractivity contribution in [2.24, 2.45) is 0 Å². The maximum atomic E-state index is 12.0. The van der Waals surface area contributed by atoms with E-state index >= 15 is 0 Å². The van der Waals surface area contributed by atoms with Crippen LogP contribution in [0.4, 0.5) is 10.7 Å². The van der Waals surface area contributed by atoms with Crippen molar-refractivity contribution in [2.45, 2.75) is 38.1 Å². The fourth-order valence-electron chi connectivity index (χ4n) is 1.39. The Balaban J connectivity index is 3.39. The predicted molar refractivity (Wildman–Crippen MR) is 74.5 cm³/mol. The van der Waals surface area contributed by atoms with Gasteiger partial charge in [0.15, 0.2) is 9.84 Å². The van der Waals surface area contributed by atoms with E-state index in [-0.39, 0.29) is 27.3 Å². The lowest BCUT2D eigenvalue weighted by molar-refractivity contribution is 0.598. The van der Waals surface area contributed by atoms with Crippen LogP contribution in [0.1, 0.15) is 32.1 Å². The Bertz CT molecular complexity index is 570. The first-order chi connectivity index (χ1) is 8.37. The highest BCUT2D eigenvalue weighted by molar-refractivity contribution is 7.91. The summed E-state index contributed by atoms with van der Waals surface area (Å²) in [6, 6.07) is 2.06. The summed E-state index contributed by atoms with van der Waals surface area (Å²) in [7, 11) is -3.43. The molecule has 0 aliphatic heterocycles. The smallest absolute Gasteiger partial charge is 0.183 e. The molecule has 0 aliphatic rings. The minimum atomic E-state index is -3.43. The number of nitrogens with two attached hydrogens (primary N) is 1. The Hall–Kier alpha value is -1.26. The van der Waals surface area contributed by atoms with E-state index < -0.39 is 9.84 Å². The molecule has 0 bridgehead atoms. The van der Waals surface area contributed by atoms with Crippen molar-refractivity contribution in [2.75, 3.05) is 16.8 Å². The Morgan fingerprint density at radius 3 is 2.56 bits per heavy atom. The summed E-state index contributed by atoms with van der Waals surface area (Å²) in [6.45, 7) is 5.50. The summed E-state index contributed by atoms with van der Waals surface area (Å²) in [5, 5.41) is 12.5. The van der Waals surface area contributed by atoms with Crippen LogP contribution in [0.15, 0.2) is 4.90 Å². The molecule has 7 heteroatoms. The molecule has 100 valence electrons. The van der Waals surface area contributed by atoms with Crippen LogP contribution in [0.5, 0.6) is 0 Å². The van der Waals surface area contributed by atoms with Crippen molar-refractivity contribution in [1.29, 1.82) is 5.26 Å². The monoisotopic (exact) mass is 287 g/mol. The van der Waals surface area contributed by atoms with Gasteiger partial charge < -0.3 is 11.1 Å². The molecule has 0 saturated heterocycles. The van der Waals surface area contributed by atoms with E-state index in [1.54, 1.807) is 6.92 Å². The molecule has 1 atom stereocenters. The third-order valence-electron chi connectivity index (χ3n) is 2.68. The summed E-state index contributed by atoms with van der Waals surface area (Å²) < 4.78 is 24.0. The summed E-state index contributed by atoms with van der Waals surface area (Å²) in [6.07, 6.45) is 0.852. The van der Waals surface area contributed by atoms with Crippen LogP contribution in [-0.4, -0.2) is 20.2 Å². The van der Waals surface area contributed by atoms with Gasteiger partial charge >= 0.3 is 0 Å². The first-order valence-corrected chi connectivity index (χ1v) is 8.15. The number of thiophene rings is 1. The van der Waals surface area contributed by atoms with Gasteiger partial charge in [0.1, 0.15) is 20.8 Å². The minimum absolute atomic E-state index is 0.0337. The fourth-order valence-corrected chi connectivity index (χ4v) is 3.95. The van der Waals surface area contributed by atoms with Gasteiger partial charge in [0.2, 0.25) is 0 Å². The Kier molecular flexibility index (Phi) is 4.59. The van der Waals surface area contributed by atoms with Crippen LogP contribution < -0.4 is 11.1 Å². The maximum absolute atomic E-state index is 12.0. The zero-order valence-electron chi connectivity index (χ0n) is 10.6. The maximum Gasteiger partial charge on any atom is 0.183 e. The van der Waals surface area contributed by atoms with E-state index in [1.165, 1.54) is 0 Å². The van der Waals surface area contributed by atoms with E-state index in [9.17, 15) is 8.42 Å². The van der Waals surface area contributed by atoms with Crippen LogP contribution in [0.3, 0.4) is 0 Å². The molecular weight excluding hydrogens is 270 g/mol. The van der Waals surface area contributed by atoms with Crippen molar-refractivity contribution in [3.05, 3.63) is 4.88 Å². The highest BCUT2D eigenvalue weighted by Gasteiger charge is 2.26. The summed E-state index contributed by atoms with van der Waals surface area (Å²) in [5.41, 5.74) is 5.83. The van der Waals surface area contributed by atoms with Crippen molar-refractivity contribution >= 4 is 31.9 Å². The summed E-state index contributed by atoms with van der Waals surface area (Å²) in [5.74, 6) is -0.0337. The lowest BCUT2D eigenvalue weighted by atomic mass is 10.3. The molecule has 3 N–H and O–H groups in total. The number of rotatable bonds is 5. The lowest BCUT2D eigenvalue weighted by Crippen LogP contribution is -2.15.